The summed E-state index contributed by atoms with van der Waals surface area (Å²) in [7, 11) is 1.51. The van der Waals surface area contributed by atoms with Gasteiger partial charge in [-0.2, -0.15) is 0 Å². The monoisotopic (exact) mass is 503 g/mol. The molecule has 0 unspecified atom stereocenters. The van der Waals surface area contributed by atoms with E-state index in [2.05, 4.69) is 21.2 Å². The number of hydrogen-bond acceptors (Lipinski definition) is 7. The first-order chi connectivity index (χ1) is 15.3. The zero-order valence-electron chi connectivity index (χ0n) is 17.8. The highest BCUT2D eigenvalue weighted by molar-refractivity contribution is 9.10. The number of amides is 1. The fourth-order valence-electron chi connectivity index (χ4n) is 3.09. The van der Waals surface area contributed by atoms with Crippen LogP contribution in [-0.4, -0.2) is 38.7 Å². The molecule has 1 aromatic heterocycles. The zero-order chi connectivity index (χ0) is 23.3. The van der Waals surface area contributed by atoms with Crippen molar-refractivity contribution in [1.29, 1.82) is 0 Å². The minimum absolute atomic E-state index is 0.119. The third-order valence-electron chi connectivity index (χ3n) is 4.53. The minimum Gasteiger partial charge on any atom is -0.481 e. The summed E-state index contributed by atoms with van der Waals surface area (Å²) in [6, 6.07) is 9.77. The van der Waals surface area contributed by atoms with E-state index in [0.717, 1.165) is 15.6 Å². The first-order valence-electron chi connectivity index (χ1n) is 9.73. The number of aryl methyl sites for hydroxylation is 2. The lowest BCUT2D eigenvalue weighted by Gasteiger charge is -2.12. The Morgan fingerprint density at radius 3 is 2.50 bits per heavy atom. The van der Waals surface area contributed by atoms with E-state index in [1.807, 2.05) is 26.0 Å². The first kappa shape index (κ1) is 23.5. The molecule has 3 aromatic rings. The molecule has 0 aliphatic heterocycles. The van der Waals surface area contributed by atoms with Gasteiger partial charge in [-0.25, -0.2) is 9.59 Å². The molecule has 0 saturated carbocycles. The van der Waals surface area contributed by atoms with Crippen LogP contribution >= 0.6 is 15.9 Å². The van der Waals surface area contributed by atoms with E-state index < -0.39 is 17.5 Å². The maximum absolute atomic E-state index is 12.2. The Morgan fingerprint density at radius 1 is 1.09 bits per heavy atom. The number of benzene rings is 2. The summed E-state index contributed by atoms with van der Waals surface area (Å²) in [6.07, 6.45) is 0. The fraction of sp³-hybridized carbons (Fsp3) is 0.261. The van der Waals surface area contributed by atoms with Gasteiger partial charge in [0.05, 0.1) is 6.61 Å². The summed E-state index contributed by atoms with van der Waals surface area (Å²) in [6.45, 7) is 4.07. The van der Waals surface area contributed by atoms with Crippen LogP contribution in [0, 0.1) is 13.8 Å². The second-order valence-electron chi connectivity index (χ2n) is 7.03. The van der Waals surface area contributed by atoms with Crippen molar-refractivity contribution in [3.8, 4) is 11.5 Å². The first-order valence-corrected chi connectivity index (χ1v) is 10.5. The molecule has 168 valence electrons. The molecule has 0 aliphatic rings. The molecule has 0 radical (unpaired) electrons. The second kappa shape index (κ2) is 10.4. The molecule has 0 bridgehead atoms. The van der Waals surface area contributed by atoms with E-state index in [4.69, 9.17) is 18.6 Å². The van der Waals surface area contributed by atoms with Crippen LogP contribution in [0.25, 0.3) is 11.0 Å². The van der Waals surface area contributed by atoms with Crippen LogP contribution in [0.15, 0.2) is 50.1 Å². The number of nitrogens with one attached hydrogen (secondary N) is 1. The molecule has 0 fully saturated rings. The van der Waals surface area contributed by atoms with Crippen molar-refractivity contribution >= 4 is 38.8 Å². The summed E-state index contributed by atoms with van der Waals surface area (Å²) in [5.41, 5.74) is 1.06. The Balaban J connectivity index is 1.69. The van der Waals surface area contributed by atoms with E-state index in [1.165, 1.54) is 19.2 Å². The highest BCUT2D eigenvalue weighted by Gasteiger charge is 2.15. The SMILES string of the molecule is COCCNC(=O)c1cc2ccc(OC(=O)COc3c(C)cc(Br)cc3C)cc2oc1=O. The lowest BCUT2D eigenvalue weighted by molar-refractivity contribution is -0.136. The van der Waals surface area contributed by atoms with Gasteiger partial charge in [-0.1, -0.05) is 15.9 Å². The van der Waals surface area contributed by atoms with Crippen molar-refractivity contribution in [2.75, 3.05) is 26.9 Å². The molecule has 32 heavy (non-hydrogen) atoms. The van der Waals surface area contributed by atoms with Crippen molar-refractivity contribution in [3.05, 3.63) is 68.0 Å². The number of esters is 1. The summed E-state index contributed by atoms with van der Waals surface area (Å²) in [5, 5.41) is 3.08. The second-order valence-corrected chi connectivity index (χ2v) is 7.94. The molecule has 0 aliphatic carbocycles. The molecule has 3 rings (SSSR count). The molecular formula is C23H22BrNO7. The van der Waals surface area contributed by atoms with Crippen molar-refractivity contribution in [2.24, 2.45) is 0 Å². The molecule has 1 amide bonds. The number of ether oxygens (including phenoxy) is 3. The van der Waals surface area contributed by atoms with Crippen LogP contribution in [0.2, 0.25) is 0 Å². The Bertz CT molecular complexity index is 1200. The molecule has 8 nitrogen and oxygen atoms in total. The van der Waals surface area contributed by atoms with Gasteiger partial charge in [-0.3, -0.25) is 4.79 Å². The Labute approximate surface area is 192 Å². The van der Waals surface area contributed by atoms with Crippen molar-refractivity contribution < 1.29 is 28.2 Å². The van der Waals surface area contributed by atoms with Gasteiger partial charge in [-0.05, 0) is 55.3 Å². The van der Waals surface area contributed by atoms with Gasteiger partial charge in [0.25, 0.3) is 5.91 Å². The number of carbonyl (C=O) groups is 2. The molecule has 2 aromatic carbocycles. The third kappa shape index (κ3) is 5.74. The maximum Gasteiger partial charge on any atom is 0.349 e. The number of halogens is 1. The zero-order valence-corrected chi connectivity index (χ0v) is 19.4. The van der Waals surface area contributed by atoms with Gasteiger partial charge in [0, 0.05) is 29.6 Å². The van der Waals surface area contributed by atoms with Crippen molar-refractivity contribution in [3.63, 3.8) is 0 Å². The van der Waals surface area contributed by atoms with Gasteiger partial charge in [0.15, 0.2) is 6.61 Å². The summed E-state index contributed by atoms with van der Waals surface area (Å²) in [4.78, 5) is 36.6. The van der Waals surface area contributed by atoms with Crippen LogP contribution < -0.4 is 20.4 Å². The van der Waals surface area contributed by atoms with Crippen molar-refractivity contribution in [2.45, 2.75) is 13.8 Å². The molecule has 1 heterocycles. The fourth-order valence-corrected chi connectivity index (χ4v) is 3.78. The van der Waals surface area contributed by atoms with Crippen LogP contribution in [-0.2, 0) is 9.53 Å². The predicted molar refractivity (Wildman–Crippen MR) is 121 cm³/mol. The van der Waals surface area contributed by atoms with Crippen molar-refractivity contribution in [1.82, 2.24) is 5.32 Å². The van der Waals surface area contributed by atoms with E-state index in [1.54, 1.807) is 12.1 Å². The molecular weight excluding hydrogens is 482 g/mol. The number of carbonyl (C=O) groups excluding carboxylic acids is 2. The summed E-state index contributed by atoms with van der Waals surface area (Å²) in [5.74, 6) is -0.354. The quantitative estimate of drug-likeness (QED) is 0.217. The molecule has 1 N–H and O–H groups in total. The smallest absolute Gasteiger partial charge is 0.349 e. The molecule has 0 atom stereocenters. The highest BCUT2D eigenvalue weighted by atomic mass is 79.9. The van der Waals surface area contributed by atoms with Gasteiger partial charge >= 0.3 is 11.6 Å². The largest absolute Gasteiger partial charge is 0.481 e. The van der Waals surface area contributed by atoms with Gasteiger partial charge in [-0.15, -0.1) is 0 Å². The van der Waals surface area contributed by atoms with Gasteiger partial charge in [0.2, 0.25) is 0 Å². The number of rotatable bonds is 8. The third-order valence-corrected chi connectivity index (χ3v) is 4.99. The van der Waals surface area contributed by atoms with E-state index in [-0.39, 0.29) is 30.0 Å². The standard InChI is InChI=1S/C23H22BrNO7/c1-13-8-16(24)9-14(2)21(13)30-12-20(26)31-17-5-4-15-10-18(22(27)25-6-7-29-3)23(28)32-19(15)11-17/h4-5,8-11H,6-7,12H2,1-3H3,(H,25,27). The Kier molecular flexibility index (Phi) is 7.66. The number of methoxy groups -OCH3 is 1. The average Bonchev–Trinajstić information content (AvgIpc) is 2.72. The number of hydrogen-bond donors (Lipinski definition) is 1. The molecule has 9 heteroatoms. The average molecular weight is 504 g/mol. The van der Waals surface area contributed by atoms with E-state index in [9.17, 15) is 14.4 Å². The lowest BCUT2D eigenvalue weighted by atomic mass is 10.1. The van der Waals surface area contributed by atoms with E-state index >= 15 is 0 Å². The van der Waals surface area contributed by atoms with Crippen LogP contribution in [0.5, 0.6) is 11.5 Å². The summed E-state index contributed by atoms with van der Waals surface area (Å²) < 4.78 is 22.0. The topological polar surface area (TPSA) is 104 Å². The molecule has 0 spiro atoms. The van der Waals surface area contributed by atoms with E-state index in [0.29, 0.717) is 17.7 Å². The number of fused-ring (bicyclic) bond motifs is 1. The molecule has 0 saturated heterocycles. The van der Waals surface area contributed by atoms with Gasteiger partial charge in [0.1, 0.15) is 22.6 Å². The predicted octanol–water partition coefficient (Wildman–Crippen LogP) is 3.53. The van der Waals surface area contributed by atoms with Crippen LogP contribution in [0.3, 0.4) is 0 Å². The van der Waals surface area contributed by atoms with Crippen LogP contribution in [0.4, 0.5) is 0 Å². The van der Waals surface area contributed by atoms with Crippen LogP contribution in [0.1, 0.15) is 21.5 Å². The highest BCUT2D eigenvalue weighted by Crippen LogP contribution is 2.27. The summed E-state index contributed by atoms with van der Waals surface area (Å²) >= 11 is 3.42. The minimum atomic E-state index is -0.791. The lowest BCUT2D eigenvalue weighted by Crippen LogP contribution is -2.30. The Hall–Kier alpha value is -3.17. The Morgan fingerprint density at radius 2 is 1.81 bits per heavy atom. The van der Waals surface area contributed by atoms with Gasteiger partial charge < -0.3 is 23.9 Å². The normalized spacial score (nSPS) is 10.8. The maximum atomic E-state index is 12.2.